The van der Waals surface area contributed by atoms with E-state index in [0.29, 0.717) is 17.0 Å². The van der Waals surface area contributed by atoms with Crippen molar-refractivity contribution in [2.24, 2.45) is 0 Å². The van der Waals surface area contributed by atoms with Crippen molar-refractivity contribution in [3.8, 4) is 0 Å². The summed E-state index contributed by atoms with van der Waals surface area (Å²) in [5, 5.41) is 0.676. The second-order valence-corrected chi connectivity index (χ2v) is 6.45. The van der Waals surface area contributed by atoms with Crippen LogP contribution in [0.1, 0.15) is 21.5 Å². The van der Waals surface area contributed by atoms with Gasteiger partial charge in [0.25, 0.3) is 0 Å². The first-order valence-electron chi connectivity index (χ1n) is 5.70. The van der Waals surface area contributed by atoms with Crippen LogP contribution in [0, 0.1) is 6.92 Å². The molecule has 0 aromatic heterocycles. The largest absolute Gasteiger partial charge is 0.294 e. The van der Waals surface area contributed by atoms with Crippen LogP contribution >= 0.6 is 43.5 Å². The van der Waals surface area contributed by atoms with Crippen LogP contribution < -0.4 is 0 Å². The fourth-order valence-corrected chi connectivity index (χ4v) is 2.89. The predicted molar refractivity (Wildman–Crippen MR) is 86.1 cm³/mol. The normalized spacial score (nSPS) is 10.5. The molecule has 0 spiro atoms. The molecule has 0 fully saturated rings. The summed E-state index contributed by atoms with van der Waals surface area (Å²) in [6, 6.07) is 11.1. The highest BCUT2D eigenvalue weighted by molar-refractivity contribution is 9.11. The summed E-state index contributed by atoms with van der Waals surface area (Å²) >= 11 is 12.7. The highest BCUT2D eigenvalue weighted by atomic mass is 79.9. The van der Waals surface area contributed by atoms with E-state index in [-0.39, 0.29) is 5.78 Å². The van der Waals surface area contributed by atoms with E-state index in [1.807, 2.05) is 31.2 Å². The van der Waals surface area contributed by atoms with Gasteiger partial charge in [0.15, 0.2) is 5.78 Å². The molecule has 0 saturated carbocycles. The highest BCUT2D eigenvalue weighted by Crippen LogP contribution is 2.26. The van der Waals surface area contributed by atoms with Crippen molar-refractivity contribution in [3.05, 3.63) is 67.1 Å². The van der Waals surface area contributed by atoms with Gasteiger partial charge < -0.3 is 0 Å². The first-order chi connectivity index (χ1) is 8.97. The third-order valence-electron chi connectivity index (χ3n) is 2.83. The summed E-state index contributed by atoms with van der Waals surface area (Å²) < 4.78 is 1.77. The van der Waals surface area contributed by atoms with E-state index in [9.17, 15) is 4.79 Å². The fourth-order valence-electron chi connectivity index (χ4n) is 1.74. The standard InChI is InChI=1S/C15H11Br2ClO/c1-9-6-14(17)12(8-13(9)16)15(19)7-10-2-4-11(18)5-3-10/h2-6,8H,7H2,1H3. The molecule has 1 nitrogen and oxygen atoms in total. The second-order valence-electron chi connectivity index (χ2n) is 4.31. The molecule has 0 heterocycles. The number of Topliss-reactive ketones (excluding diaryl/α,β-unsaturated/α-hetero) is 1. The van der Waals surface area contributed by atoms with Gasteiger partial charge in [-0.3, -0.25) is 4.79 Å². The molecule has 0 aliphatic carbocycles. The molecule has 0 atom stereocenters. The molecule has 0 N–H and O–H groups in total. The van der Waals surface area contributed by atoms with E-state index in [4.69, 9.17) is 11.6 Å². The number of hydrogen-bond acceptors (Lipinski definition) is 1. The molecule has 0 radical (unpaired) electrons. The third kappa shape index (κ3) is 3.68. The number of halogens is 3. The van der Waals surface area contributed by atoms with Crippen LogP contribution in [0.25, 0.3) is 0 Å². The summed E-state index contributed by atoms with van der Waals surface area (Å²) in [7, 11) is 0. The number of ketones is 1. The van der Waals surface area contributed by atoms with Crippen molar-refractivity contribution in [1.29, 1.82) is 0 Å². The number of carbonyl (C=O) groups excluding carboxylic acids is 1. The van der Waals surface area contributed by atoms with Gasteiger partial charge in [-0.2, -0.15) is 0 Å². The lowest BCUT2D eigenvalue weighted by molar-refractivity contribution is 0.0992. The van der Waals surface area contributed by atoms with E-state index in [1.54, 1.807) is 12.1 Å². The van der Waals surface area contributed by atoms with E-state index in [2.05, 4.69) is 31.9 Å². The smallest absolute Gasteiger partial charge is 0.168 e. The Morgan fingerprint density at radius 3 is 2.37 bits per heavy atom. The zero-order valence-electron chi connectivity index (χ0n) is 10.2. The van der Waals surface area contributed by atoms with Gasteiger partial charge in [-0.25, -0.2) is 0 Å². The average molecular weight is 403 g/mol. The molecule has 0 unspecified atom stereocenters. The SMILES string of the molecule is Cc1cc(Br)c(C(=O)Cc2ccc(Cl)cc2)cc1Br. The van der Waals surface area contributed by atoms with Crippen LogP contribution in [0.4, 0.5) is 0 Å². The van der Waals surface area contributed by atoms with E-state index in [0.717, 1.165) is 20.1 Å². The molecule has 0 amide bonds. The number of aryl methyl sites for hydroxylation is 1. The molecule has 0 saturated heterocycles. The van der Waals surface area contributed by atoms with E-state index < -0.39 is 0 Å². The second kappa shape index (κ2) is 6.21. The van der Waals surface area contributed by atoms with Crippen LogP contribution in [-0.4, -0.2) is 5.78 Å². The molecule has 0 aliphatic rings. The van der Waals surface area contributed by atoms with Gasteiger partial charge in [0, 0.05) is 26.0 Å². The Balaban J connectivity index is 2.25. The van der Waals surface area contributed by atoms with Crippen molar-refractivity contribution in [2.45, 2.75) is 13.3 Å². The molecule has 0 aliphatic heterocycles. The van der Waals surface area contributed by atoms with Crippen molar-refractivity contribution in [2.75, 3.05) is 0 Å². The minimum atomic E-state index is 0.0786. The van der Waals surface area contributed by atoms with Crippen molar-refractivity contribution < 1.29 is 4.79 Å². The molecule has 2 rings (SSSR count). The summed E-state index contributed by atoms with van der Waals surface area (Å²) in [5.74, 6) is 0.0786. The van der Waals surface area contributed by atoms with Gasteiger partial charge >= 0.3 is 0 Å². The fraction of sp³-hybridized carbons (Fsp3) is 0.133. The van der Waals surface area contributed by atoms with Gasteiger partial charge in [-0.1, -0.05) is 55.6 Å². The van der Waals surface area contributed by atoms with Gasteiger partial charge in [-0.05, 0) is 42.3 Å². The van der Waals surface area contributed by atoms with Crippen LogP contribution in [0.15, 0.2) is 45.3 Å². The molecule has 2 aromatic rings. The Morgan fingerprint density at radius 2 is 1.74 bits per heavy atom. The van der Waals surface area contributed by atoms with Crippen molar-refractivity contribution in [1.82, 2.24) is 0 Å². The Kier molecular flexibility index (Phi) is 4.82. The molecule has 4 heteroatoms. The maximum Gasteiger partial charge on any atom is 0.168 e. The minimum Gasteiger partial charge on any atom is -0.294 e. The third-order valence-corrected chi connectivity index (χ3v) is 4.59. The van der Waals surface area contributed by atoms with Crippen LogP contribution in [-0.2, 0) is 6.42 Å². The molecule has 0 bridgehead atoms. The highest BCUT2D eigenvalue weighted by Gasteiger charge is 2.12. The molecule has 19 heavy (non-hydrogen) atoms. The van der Waals surface area contributed by atoms with E-state index >= 15 is 0 Å². The lowest BCUT2D eigenvalue weighted by Crippen LogP contribution is -2.05. The number of carbonyl (C=O) groups is 1. The summed E-state index contributed by atoms with van der Waals surface area (Å²) in [4.78, 5) is 12.3. The van der Waals surface area contributed by atoms with Crippen LogP contribution in [0.2, 0.25) is 5.02 Å². The maximum atomic E-state index is 12.3. The molecule has 2 aromatic carbocycles. The van der Waals surface area contributed by atoms with Crippen molar-refractivity contribution in [3.63, 3.8) is 0 Å². The lowest BCUT2D eigenvalue weighted by atomic mass is 10.0. The zero-order valence-corrected chi connectivity index (χ0v) is 14.1. The predicted octanol–water partition coefficient (Wildman–Crippen LogP) is 5.60. The Labute approximate surface area is 134 Å². The monoisotopic (exact) mass is 400 g/mol. The summed E-state index contributed by atoms with van der Waals surface area (Å²) in [5.41, 5.74) is 2.74. The van der Waals surface area contributed by atoms with Crippen LogP contribution in [0.3, 0.4) is 0 Å². The molecular weight excluding hydrogens is 391 g/mol. The van der Waals surface area contributed by atoms with Gasteiger partial charge in [-0.15, -0.1) is 0 Å². The summed E-state index contributed by atoms with van der Waals surface area (Å²) in [6.07, 6.45) is 0.366. The first kappa shape index (κ1) is 14.8. The topological polar surface area (TPSA) is 17.1 Å². The number of rotatable bonds is 3. The van der Waals surface area contributed by atoms with E-state index in [1.165, 1.54) is 0 Å². The zero-order chi connectivity index (χ0) is 14.0. The summed E-state index contributed by atoms with van der Waals surface area (Å²) in [6.45, 7) is 1.99. The Hall–Kier alpha value is -0.640. The van der Waals surface area contributed by atoms with Gasteiger partial charge in [0.05, 0.1) is 0 Å². The number of benzene rings is 2. The Bertz CT molecular complexity index is 621. The lowest BCUT2D eigenvalue weighted by Gasteiger charge is -2.07. The maximum absolute atomic E-state index is 12.3. The molecular formula is C15H11Br2ClO. The van der Waals surface area contributed by atoms with Crippen molar-refractivity contribution >= 4 is 49.2 Å². The van der Waals surface area contributed by atoms with Gasteiger partial charge in [0.2, 0.25) is 0 Å². The first-order valence-corrected chi connectivity index (χ1v) is 7.67. The minimum absolute atomic E-state index is 0.0786. The van der Waals surface area contributed by atoms with Gasteiger partial charge in [0.1, 0.15) is 0 Å². The Morgan fingerprint density at radius 1 is 1.11 bits per heavy atom. The number of hydrogen-bond donors (Lipinski definition) is 0. The quantitative estimate of drug-likeness (QED) is 0.611. The van der Waals surface area contributed by atoms with Crippen LogP contribution in [0.5, 0.6) is 0 Å². The average Bonchev–Trinajstić information content (AvgIpc) is 2.36. The molecule has 98 valence electrons.